The van der Waals surface area contributed by atoms with E-state index in [9.17, 15) is 4.79 Å². The van der Waals surface area contributed by atoms with Gasteiger partial charge in [0.1, 0.15) is 11.3 Å². The quantitative estimate of drug-likeness (QED) is 0.695. The summed E-state index contributed by atoms with van der Waals surface area (Å²) in [6.45, 7) is 3.14. The van der Waals surface area contributed by atoms with Gasteiger partial charge in [0.05, 0.1) is 7.11 Å². The van der Waals surface area contributed by atoms with Crippen LogP contribution in [0.1, 0.15) is 12.3 Å². The Hall–Kier alpha value is -3.02. The van der Waals surface area contributed by atoms with Crippen LogP contribution >= 0.6 is 0 Å². The van der Waals surface area contributed by atoms with E-state index in [-0.39, 0.29) is 5.91 Å². The van der Waals surface area contributed by atoms with Crippen molar-refractivity contribution in [2.24, 2.45) is 0 Å². The number of hydrogen-bond donors (Lipinski definition) is 0. The molecule has 1 fully saturated rings. The lowest BCUT2D eigenvalue weighted by Crippen LogP contribution is -2.48. The summed E-state index contributed by atoms with van der Waals surface area (Å²) in [5, 5.41) is 0. The predicted molar refractivity (Wildman–Crippen MR) is 104 cm³/mol. The van der Waals surface area contributed by atoms with E-state index < -0.39 is 0 Å². The van der Waals surface area contributed by atoms with E-state index in [0.717, 1.165) is 48.7 Å². The van der Waals surface area contributed by atoms with Crippen molar-refractivity contribution in [3.05, 3.63) is 54.4 Å². The number of aryl methyl sites for hydroxylation is 1. The number of methoxy groups -OCH3 is 1. The first kappa shape index (κ1) is 17.4. The van der Waals surface area contributed by atoms with Crippen molar-refractivity contribution in [3.8, 4) is 5.75 Å². The lowest BCUT2D eigenvalue weighted by atomic mass is 10.2. The van der Waals surface area contributed by atoms with Gasteiger partial charge in [-0.1, -0.05) is 12.1 Å². The van der Waals surface area contributed by atoms with Gasteiger partial charge in [-0.05, 0) is 36.4 Å². The van der Waals surface area contributed by atoms with Gasteiger partial charge >= 0.3 is 0 Å². The molecule has 6 nitrogen and oxygen atoms in total. The lowest BCUT2D eigenvalue weighted by Gasteiger charge is -2.36. The number of carbonyl (C=O) groups is 1. The van der Waals surface area contributed by atoms with Gasteiger partial charge in [-0.3, -0.25) is 4.79 Å². The van der Waals surface area contributed by atoms with E-state index >= 15 is 0 Å². The summed E-state index contributed by atoms with van der Waals surface area (Å²) in [5.74, 6) is 1.64. The molecule has 0 unspecified atom stereocenters. The maximum Gasteiger partial charge on any atom is 0.223 e. The Morgan fingerprint density at radius 3 is 2.52 bits per heavy atom. The van der Waals surface area contributed by atoms with Gasteiger partial charge < -0.3 is 19.0 Å². The molecule has 0 aliphatic carbocycles. The molecule has 2 heterocycles. The first-order chi connectivity index (χ1) is 13.2. The number of piperazine rings is 1. The average molecular weight is 365 g/mol. The normalized spacial score (nSPS) is 14.6. The SMILES string of the molecule is COc1ccc(N2CCN(C(=O)CCc3nc4ccccc4o3)CC2)cc1. The highest BCUT2D eigenvalue weighted by Crippen LogP contribution is 2.21. The van der Waals surface area contributed by atoms with E-state index in [2.05, 4.69) is 22.0 Å². The fourth-order valence-electron chi connectivity index (χ4n) is 3.41. The van der Waals surface area contributed by atoms with Gasteiger partial charge in [-0.15, -0.1) is 0 Å². The molecule has 140 valence electrons. The Balaban J connectivity index is 1.29. The molecule has 0 spiro atoms. The fraction of sp³-hybridized carbons (Fsp3) is 0.333. The molecular formula is C21H23N3O3. The number of amides is 1. The smallest absolute Gasteiger partial charge is 0.223 e. The van der Waals surface area contributed by atoms with E-state index in [1.165, 1.54) is 0 Å². The largest absolute Gasteiger partial charge is 0.497 e. The second-order valence-electron chi connectivity index (χ2n) is 6.64. The van der Waals surface area contributed by atoms with E-state index in [0.29, 0.717) is 18.7 Å². The van der Waals surface area contributed by atoms with Gasteiger partial charge in [0.15, 0.2) is 11.5 Å². The average Bonchev–Trinajstić information content (AvgIpc) is 3.15. The van der Waals surface area contributed by atoms with Gasteiger partial charge in [0, 0.05) is 44.7 Å². The maximum atomic E-state index is 12.5. The number of anilines is 1. The number of para-hydroxylation sites is 2. The molecule has 2 aromatic carbocycles. The molecule has 0 atom stereocenters. The van der Waals surface area contributed by atoms with Crippen molar-refractivity contribution >= 4 is 22.7 Å². The van der Waals surface area contributed by atoms with Crippen molar-refractivity contribution in [1.29, 1.82) is 0 Å². The number of rotatable bonds is 5. The summed E-state index contributed by atoms with van der Waals surface area (Å²) in [6, 6.07) is 15.7. The number of aromatic nitrogens is 1. The van der Waals surface area contributed by atoms with Crippen molar-refractivity contribution in [3.63, 3.8) is 0 Å². The number of nitrogens with zero attached hydrogens (tertiary/aromatic N) is 3. The summed E-state index contributed by atoms with van der Waals surface area (Å²) in [7, 11) is 1.67. The summed E-state index contributed by atoms with van der Waals surface area (Å²) >= 11 is 0. The summed E-state index contributed by atoms with van der Waals surface area (Å²) in [4.78, 5) is 21.2. The molecule has 3 aromatic rings. The Morgan fingerprint density at radius 2 is 1.81 bits per heavy atom. The van der Waals surface area contributed by atoms with Gasteiger partial charge in [-0.2, -0.15) is 0 Å². The summed E-state index contributed by atoms with van der Waals surface area (Å²) in [5.41, 5.74) is 2.77. The van der Waals surface area contributed by atoms with E-state index in [4.69, 9.17) is 9.15 Å². The Bertz CT molecular complexity index is 879. The van der Waals surface area contributed by atoms with Crippen LogP contribution < -0.4 is 9.64 Å². The van der Waals surface area contributed by atoms with E-state index in [1.807, 2.05) is 41.3 Å². The van der Waals surface area contributed by atoms with Crippen LogP contribution in [0.3, 0.4) is 0 Å². The van der Waals surface area contributed by atoms with Crippen molar-refractivity contribution in [1.82, 2.24) is 9.88 Å². The first-order valence-electron chi connectivity index (χ1n) is 9.24. The molecule has 1 saturated heterocycles. The molecule has 27 heavy (non-hydrogen) atoms. The minimum absolute atomic E-state index is 0.159. The van der Waals surface area contributed by atoms with Gasteiger partial charge in [0.2, 0.25) is 5.91 Å². The molecule has 4 rings (SSSR count). The van der Waals surface area contributed by atoms with Crippen LogP contribution in [0.2, 0.25) is 0 Å². The third kappa shape index (κ3) is 3.89. The topological polar surface area (TPSA) is 58.8 Å². The number of benzene rings is 2. The van der Waals surface area contributed by atoms with Crippen LogP contribution in [0.4, 0.5) is 5.69 Å². The number of hydrogen-bond acceptors (Lipinski definition) is 5. The van der Waals surface area contributed by atoms with Gasteiger partial charge in [0.25, 0.3) is 0 Å². The Kier molecular flexibility index (Phi) is 4.96. The van der Waals surface area contributed by atoms with Crippen molar-refractivity contribution in [2.45, 2.75) is 12.8 Å². The Labute approximate surface area is 158 Å². The van der Waals surface area contributed by atoms with E-state index in [1.54, 1.807) is 7.11 Å². The molecule has 0 bridgehead atoms. The zero-order valence-electron chi connectivity index (χ0n) is 15.4. The molecule has 1 amide bonds. The number of fused-ring (bicyclic) bond motifs is 1. The summed E-state index contributed by atoms with van der Waals surface area (Å²) < 4.78 is 10.9. The highest BCUT2D eigenvalue weighted by atomic mass is 16.5. The molecular weight excluding hydrogens is 342 g/mol. The second kappa shape index (κ2) is 7.70. The van der Waals surface area contributed by atoms with Crippen LogP contribution in [0.25, 0.3) is 11.1 Å². The highest BCUT2D eigenvalue weighted by molar-refractivity contribution is 5.77. The molecule has 1 aromatic heterocycles. The summed E-state index contributed by atoms with van der Waals surface area (Å²) in [6.07, 6.45) is 0.960. The van der Waals surface area contributed by atoms with Gasteiger partial charge in [-0.25, -0.2) is 4.98 Å². The third-order valence-electron chi connectivity index (χ3n) is 4.96. The number of carbonyl (C=O) groups excluding carboxylic acids is 1. The molecule has 0 saturated carbocycles. The molecule has 6 heteroatoms. The van der Waals surface area contributed by atoms with Crippen LogP contribution in [0, 0.1) is 0 Å². The van der Waals surface area contributed by atoms with Crippen LogP contribution in [0.15, 0.2) is 52.9 Å². The first-order valence-corrected chi connectivity index (χ1v) is 9.24. The highest BCUT2D eigenvalue weighted by Gasteiger charge is 2.21. The zero-order valence-corrected chi connectivity index (χ0v) is 15.4. The van der Waals surface area contributed by atoms with Crippen LogP contribution in [-0.2, 0) is 11.2 Å². The van der Waals surface area contributed by atoms with Crippen LogP contribution in [-0.4, -0.2) is 49.1 Å². The number of oxazole rings is 1. The monoisotopic (exact) mass is 365 g/mol. The van der Waals surface area contributed by atoms with Crippen molar-refractivity contribution < 1.29 is 13.9 Å². The minimum atomic E-state index is 0.159. The molecule has 0 radical (unpaired) electrons. The molecule has 1 aliphatic heterocycles. The minimum Gasteiger partial charge on any atom is -0.497 e. The second-order valence-corrected chi connectivity index (χ2v) is 6.64. The van der Waals surface area contributed by atoms with Crippen LogP contribution in [0.5, 0.6) is 5.75 Å². The molecule has 0 N–H and O–H groups in total. The zero-order chi connectivity index (χ0) is 18.6. The lowest BCUT2D eigenvalue weighted by molar-refractivity contribution is -0.131. The maximum absolute atomic E-state index is 12.5. The standard InChI is InChI=1S/C21H23N3O3/c1-26-17-8-6-16(7-9-17)23-12-14-24(15-13-23)21(25)11-10-20-22-18-4-2-3-5-19(18)27-20/h2-9H,10-15H2,1H3. The Morgan fingerprint density at radius 1 is 1.07 bits per heavy atom. The van der Waals surface area contributed by atoms with Crippen molar-refractivity contribution in [2.75, 3.05) is 38.2 Å². The third-order valence-corrected chi connectivity index (χ3v) is 4.96. The fourth-order valence-corrected chi connectivity index (χ4v) is 3.41. The number of ether oxygens (including phenoxy) is 1. The predicted octanol–water partition coefficient (Wildman–Crippen LogP) is 3.12. The molecule has 1 aliphatic rings.